The van der Waals surface area contributed by atoms with Crippen molar-refractivity contribution in [3.63, 3.8) is 0 Å². The molecule has 0 fully saturated rings. The predicted molar refractivity (Wildman–Crippen MR) is 76.9 cm³/mol. The van der Waals surface area contributed by atoms with E-state index in [1.165, 1.54) is 12.8 Å². The van der Waals surface area contributed by atoms with Gasteiger partial charge in [0.25, 0.3) is 0 Å². The van der Waals surface area contributed by atoms with Crippen LogP contribution in [0.2, 0.25) is 0 Å². The van der Waals surface area contributed by atoms with Crippen molar-refractivity contribution in [3.05, 3.63) is 33.2 Å². The van der Waals surface area contributed by atoms with Crippen LogP contribution in [-0.4, -0.2) is 23.1 Å². The van der Waals surface area contributed by atoms with Crippen LogP contribution in [0.4, 0.5) is 0 Å². The number of aromatic nitrogens is 2. The van der Waals surface area contributed by atoms with Gasteiger partial charge in [0.1, 0.15) is 10.0 Å². The quantitative estimate of drug-likeness (QED) is 0.693. The summed E-state index contributed by atoms with van der Waals surface area (Å²) < 4.78 is 0. The highest BCUT2D eigenvalue weighted by atomic mass is 32.1. The lowest BCUT2D eigenvalue weighted by Gasteiger charge is -2.04. The fourth-order valence-corrected chi connectivity index (χ4v) is 2.74. The molecular weight excluding hydrogens is 264 g/mol. The molecule has 98 valence electrons. The Morgan fingerprint density at radius 3 is 1.72 bits per heavy atom. The smallest absolute Gasteiger partial charge is 0.106 e. The van der Waals surface area contributed by atoms with Crippen LogP contribution in [0.3, 0.4) is 0 Å². The van der Waals surface area contributed by atoms with Crippen molar-refractivity contribution in [2.45, 2.75) is 25.9 Å². The summed E-state index contributed by atoms with van der Waals surface area (Å²) in [7, 11) is 0. The van der Waals surface area contributed by atoms with Gasteiger partial charge in [-0.15, -0.1) is 22.7 Å². The first kappa shape index (κ1) is 13.6. The number of thiazole rings is 2. The highest BCUT2D eigenvalue weighted by molar-refractivity contribution is 7.09. The lowest BCUT2D eigenvalue weighted by atomic mass is 10.3. The van der Waals surface area contributed by atoms with Crippen molar-refractivity contribution in [2.24, 2.45) is 0 Å². The molecule has 0 atom stereocenters. The summed E-state index contributed by atoms with van der Waals surface area (Å²) >= 11 is 3.40. The molecule has 2 heterocycles. The first-order valence-electron chi connectivity index (χ1n) is 6.13. The second-order valence-electron chi connectivity index (χ2n) is 3.91. The molecule has 0 saturated heterocycles. The maximum absolute atomic E-state index is 4.23. The molecule has 0 aromatic carbocycles. The predicted octanol–water partition coefficient (Wildman–Crippen LogP) is 2.26. The third kappa shape index (κ3) is 5.22. The van der Waals surface area contributed by atoms with Crippen LogP contribution in [0.25, 0.3) is 0 Å². The zero-order valence-electron chi connectivity index (χ0n) is 10.3. The van der Waals surface area contributed by atoms with Gasteiger partial charge in [0, 0.05) is 36.2 Å². The Balaban J connectivity index is 1.40. The first-order valence-corrected chi connectivity index (χ1v) is 7.89. The number of hydrogen-bond acceptors (Lipinski definition) is 6. The molecule has 0 saturated carbocycles. The zero-order valence-corrected chi connectivity index (χ0v) is 11.9. The monoisotopic (exact) mass is 282 g/mol. The summed E-state index contributed by atoms with van der Waals surface area (Å²) in [4.78, 5) is 8.46. The Morgan fingerprint density at radius 2 is 1.33 bits per heavy atom. The summed E-state index contributed by atoms with van der Waals surface area (Å²) in [5, 5.41) is 13.2. The fraction of sp³-hybridized carbons (Fsp3) is 0.500. The van der Waals surface area contributed by atoms with Crippen LogP contribution in [0, 0.1) is 0 Å². The van der Waals surface area contributed by atoms with Crippen molar-refractivity contribution in [3.8, 4) is 0 Å². The van der Waals surface area contributed by atoms with Crippen molar-refractivity contribution in [1.82, 2.24) is 20.6 Å². The van der Waals surface area contributed by atoms with E-state index in [2.05, 4.69) is 20.6 Å². The van der Waals surface area contributed by atoms with E-state index >= 15 is 0 Å². The van der Waals surface area contributed by atoms with E-state index in [-0.39, 0.29) is 0 Å². The Kier molecular flexibility index (Phi) is 6.28. The fourth-order valence-electron chi connectivity index (χ4n) is 1.57. The highest BCUT2D eigenvalue weighted by Gasteiger charge is 1.96. The van der Waals surface area contributed by atoms with Gasteiger partial charge in [-0.2, -0.15) is 0 Å². The number of unbranched alkanes of at least 4 members (excludes halogenated alkanes) is 1. The van der Waals surface area contributed by atoms with Crippen LogP contribution in [0.1, 0.15) is 22.9 Å². The lowest BCUT2D eigenvalue weighted by molar-refractivity contribution is 0.581. The third-order valence-electron chi connectivity index (χ3n) is 2.48. The molecule has 2 N–H and O–H groups in total. The Bertz CT molecular complexity index is 359. The molecule has 0 unspecified atom stereocenters. The summed E-state index contributed by atoms with van der Waals surface area (Å²) in [6.45, 7) is 3.89. The van der Waals surface area contributed by atoms with Gasteiger partial charge in [-0.25, -0.2) is 9.97 Å². The molecule has 0 aliphatic heterocycles. The normalized spacial score (nSPS) is 10.9. The second-order valence-corrected chi connectivity index (χ2v) is 5.87. The molecule has 0 bridgehead atoms. The van der Waals surface area contributed by atoms with E-state index in [0.717, 1.165) is 36.2 Å². The molecule has 0 radical (unpaired) electrons. The first-order chi connectivity index (χ1) is 8.95. The van der Waals surface area contributed by atoms with Crippen LogP contribution in [0.5, 0.6) is 0 Å². The lowest BCUT2D eigenvalue weighted by Crippen LogP contribution is -2.18. The minimum absolute atomic E-state index is 0.893. The maximum atomic E-state index is 4.23. The van der Waals surface area contributed by atoms with Crippen LogP contribution >= 0.6 is 22.7 Å². The van der Waals surface area contributed by atoms with Crippen LogP contribution < -0.4 is 10.6 Å². The molecular formula is C12H18N4S2. The van der Waals surface area contributed by atoms with Gasteiger partial charge in [0.05, 0.1) is 0 Å². The van der Waals surface area contributed by atoms with Crippen LogP contribution in [0.15, 0.2) is 23.2 Å². The van der Waals surface area contributed by atoms with E-state index < -0.39 is 0 Å². The topological polar surface area (TPSA) is 49.8 Å². The molecule has 18 heavy (non-hydrogen) atoms. The van der Waals surface area contributed by atoms with Gasteiger partial charge < -0.3 is 10.6 Å². The minimum Gasteiger partial charge on any atom is -0.310 e. The third-order valence-corrected chi connectivity index (χ3v) is 4.04. The van der Waals surface area contributed by atoms with Crippen LogP contribution in [-0.2, 0) is 13.1 Å². The summed E-state index contributed by atoms with van der Waals surface area (Å²) in [6, 6.07) is 0. The van der Waals surface area contributed by atoms with Gasteiger partial charge in [-0.05, 0) is 25.9 Å². The molecule has 0 spiro atoms. The van der Waals surface area contributed by atoms with E-state index in [9.17, 15) is 0 Å². The van der Waals surface area contributed by atoms with Crippen molar-refractivity contribution >= 4 is 22.7 Å². The molecule has 2 aromatic heterocycles. The summed E-state index contributed by atoms with van der Waals surface area (Å²) in [5.74, 6) is 0. The van der Waals surface area contributed by atoms with Gasteiger partial charge in [0.2, 0.25) is 0 Å². The van der Waals surface area contributed by atoms with Gasteiger partial charge in [-0.3, -0.25) is 0 Å². The van der Waals surface area contributed by atoms with Gasteiger partial charge >= 0.3 is 0 Å². The van der Waals surface area contributed by atoms with E-state index in [4.69, 9.17) is 0 Å². The summed E-state index contributed by atoms with van der Waals surface area (Å²) in [5.41, 5.74) is 0. The standard InChI is InChI=1S/C12H18N4S2/c1(3-13-9-11-15-5-7-17-11)2-4-14-10-12-16-6-8-18-12/h5-8,13-14H,1-4,9-10H2. The Hall–Kier alpha value is -0.820. The SMILES string of the molecule is c1csc(CNCCCCNCc2nccs2)n1. The molecule has 0 aliphatic rings. The summed E-state index contributed by atoms with van der Waals surface area (Å²) in [6.07, 6.45) is 6.08. The van der Waals surface area contributed by atoms with E-state index in [1.54, 1.807) is 22.7 Å². The minimum atomic E-state index is 0.893. The number of nitrogens with zero attached hydrogens (tertiary/aromatic N) is 2. The Morgan fingerprint density at radius 1 is 0.833 bits per heavy atom. The Labute approximate surface area is 115 Å². The van der Waals surface area contributed by atoms with E-state index in [0.29, 0.717) is 0 Å². The molecule has 0 aliphatic carbocycles. The highest BCUT2D eigenvalue weighted by Crippen LogP contribution is 2.03. The largest absolute Gasteiger partial charge is 0.310 e. The zero-order chi connectivity index (χ0) is 12.5. The molecule has 4 nitrogen and oxygen atoms in total. The van der Waals surface area contributed by atoms with Gasteiger partial charge in [0.15, 0.2) is 0 Å². The molecule has 2 aromatic rings. The molecule has 2 rings (SSSR count). The van der Waals surface area contributed by atoms with Crippen molar-refractivity contribution in [2.75, 3.05) is 13.1 Å². The van der Waals surface area contributed by atoms with Crippen molar-refractivity contribution < 1.29 is 0 Å². The number of nitrogens with one attached hydrogen (secondary N) is 2. The average molecular weight is 282 g/mol. The molecule has 0 amide bonds. The number of rotatable bonds is 9. The molecule has 6 heteroatoms. The van der Waals surface area contributed by atoms with Gasteiger partial charge in [-0.1, -0.05) is 0 Å². The average Bonchev–Trinajstić information content (AvgIpc) is 3.05. The second kappa shape index (κ2) is 8.31. The number of hydrogen-bond donors (Lipinski definition) is 2. The van der Waals surface area contributed by atoms with Crippen molar-refractivity contribution in [1.29, 1.82) is 0 Å². The van der Waals surface area contributed by atoms with E-state index in [1.807, 2.05) is 23.2 Å². The maximum Gasteiger partial charge on any atom is 0.106 e.